The Kier molecular flexibility index (Phi) is 6.99. The van der Waals surface area contributed by atoms with E-state index in [1.807, 2.05) is 46.0 Å². The van der Waals surface area contributed by atoms with Crippen LogP contribution in [0.3, 0.4) is 0 Å². The van der Waals surface area contributed by atoms with E-state index in [4.69, 9.17) is 14.2 Å². The fourth-order valence-corrected chi connectivity index (χ4v) is 1.81. The number of hydrogen-bond donors (Lipinski definition) is 1. The van der Waals surface area contributed by atoms with Crippen LogP contribution in [0.5, 0.6) is 5.75 Å². The molecule has 1 N–H and O–H groups in total. The lowest BCUT2D eigenvalue weighted by Gasteiger charge is -2.21. The summed E-state index contributed by atoms with van der Waals surface area (Å²) in [6, 6.07) is 8.17. The topological polar surface area (TPSA) is 39.7 Å². The lowest BCUT2D eigenvalue weighted by molar-refractivity contribution is -0.0372. The normalized spacial score (nSPS) is 13.2. The molecular weight excluding hydrogens is 254 g/mol. The first-order valence-electron chi connectivity index (χ1n) is 6.99. The molecule has 0 fully saturated rings. The maximum absolute atomic E-state index is 5.68. The summed E-state index contributed by atoms with van der Waals surface area (Å²) < 4.78 is 16.5. The molecular formula is C16H27NO3. The van der Waals surface area contributed by atoms with Crippen LogP contribution in [0.2, 0.25) is 0 Å². The Hall–Kier alpha value is -1.10. The highest BCUT2D eigenvalue weighted by atomic mass is 16.5. The van der Waals surface area contributed by atoms with Gasteiger partial charge in [-0.05, 0) is 45.5 Å². The number of hydrogen-bond acceptors (Lipinski definition) is 4. The van der Waals surface area contributed by atoms with Crippen molar-refractivity contribution in [1.82, 2.24) is 5.32 Å². The SMILES string of the molecule is CNC(COCCOC(C)(C)C)c1cccc(OC)c1. The van der Waals surface area contributed by atoms with Gasteiger partial charge in [0.25, 0.3) is 0 Å². The van der Waals surface area contributed by atoms with Crippen molar-refractivity contribution in [2.75, 3.05) is 34.0 Å². The van der Waals surface area contributed by atoms with Crippen molar-refractivity contribution in [3.8, 4) is 5.75 Å². The van der Waals surface area contributed by atoms with Gasteiger partial charge < -0.3 is 19.5 Å². The number of methoxy groups -OCH3 is 1. The molecule has 0 amide bonds. The van der Waals surface area contributed by atoms with Crippen LogP contribution in [0.1, 0.15) is 32.4 Å². The van der Waals surface area contributed by atoms with Gasteiger partial charge in [-0.25, -0.2) is 0 Å². The standard InChI is InChI=1S/C16H27NO3/c1-16(2,3)20-10-9-19-12-15(17-4)13-7-6-8-14(11-13)18-5/h6-8,11,15,17H,9-10,12H2,1-5H3. The van der Waals surface area contributed by atoms with Crippen LogP contribution in [0.15, 0.2) is 24.3 Å². The van der Waals surface area contributed by atoms with Gasteiger partial charge in [-0.1, -0.05) is 12.1 Å². The minimum Gasteiger partial charge on any atom is -0.497 e. The number of likely N-dealkylation sites (N-methyl/N-ethyl adjacent to an activating group) is 1. The van der Waals surface area contributed by atoms with E-state index < -0.39 is 0 Å². The van der Waals surface area contributed by atoms with Crippen molar-refractivity contribution < 1.29 is 14.2 Å². The van der Waals surface area contributed by atoms with Gasteiger partial charge in [0.15, 0.2) is 0 Å². The Labute approximate surface area is 122 Å². The van der Waals surface area contributed by atoms with E-state index in [1.54, 1.807) is 7.11 Å². The second-order valence-electron chi connectivity index (χ2n) is 5.65. The van der Waals surface area contributed by atoms with Crippen molar-refractivity contribution in [3.05, 3.63) is 29.8 Å². The maximum Gasteiger partial charge on any atom is 0.119 e. The van der Waals surface area contributed by atoms with Crippen LogP contribution in [-0.2, 0) is 9.47 Å². The summed E-state index contributed by atoms with van der Waals surface area (Å²) in [5.41, 5.74) is 1.04. The fourth-order valence-electron chi connectivity index (χ4n) is 1.81. The first-order chi connectivity index (χ1) is 9.46. The molecule has 114 valence electrons. The monoisotopic (exact) mass is 281 g/mol. The second kappa shape index (κ2) is 8.25. The van der Waals surface area contributed by atoms with Gasteiger partial charge in [-0.3, -0.25) is 0 Å². The summed E-state index contributed by atoms with van der Waals surface area (Å²) in [7, 11) is 3.60. The first kappa shape index (κ1) is 17.0. The molecule has 0 aliphatic carbocycles. The maximum atomic E-state index is 5.68. The molecule has 4 heteroatoms. The fraction of sp³-hybridized carbons (Fsp3) is 0.625. The molecule has 0 aromatic heterocycles. The van der Waals surface area contributed by atoms with Crippen molar-refractivity contribution in [3.63, 3.8) is 0 Å². The molecule has 4 nitrogen and oxygen atoms in total. The lowest BCUT2D eigenvalue weighted by Crippen LogP contribution is -2.25. The third-order valence-electron chi connectivity index (χ3n) is 2.89. The number of benzene rings is 1. The number of ether oxygens (including phenoxy) is 3. The highest BCUT2D eigenvalue weighted by Crippen LogP contribution is 2.19. The molecule has 1 aromatic carbocycles. The third kappa shape index (κ3) is 6.37. The summed E-state index contributed by atoms with van der Waals surface area (Å²) >= 11 is 0. The lowest BCUT2D eigenvalue weighted by atomic mass is 10.1. The molecule has 0 aliphatic heterocycles. The zero-order chi connectivity index (χ0) is 15.0. The molecule has 0 spiro atoms. The van der Waals surface area contributed by atoms with Crippen LogP contribution < -0.4 is 10.1 Å². The minimum absolute atomic E-state index is 0.113. The molecule has 1 rings (SSSR count). The highest BCUT2D eigenvalue weighted by Gasteiger charge is 2.12. The zero-order valence-electron chi connectivity index (χ0n) is 13.2. The van der Waals surface area contributed by atoms with Gasteiger partial charge in [0.2, 0.25) is 0 Å². The van der Waals surface area contributed by atoms with Crippen LogP contribution in [0.4, 0.5) is 0 Å². The van der Waals surface area contributed by atoms with E-state index in [2.05, 4.69) is 11.4 Å². The van der Waals surface area contributed by atoms with Crippen molar-refractivity contribution >= 4 is 0 Å². The van der Waals surface area contributed by atoms with Crippen molar-refractivity contribution in [2.24, 2.45) is 0 Å². The number of nitrogens with one attached hydrogen (secondary N) is 1. The zero-order valence-corrected chi connectivity index (χ0v) is 13.2. The Balaban J connectivity index is 2.39. The van der Waals surface area contributed by atoms with E-state index in [9.17, 15) is 0 Å². The van der Waals surface area contributed by atoms with E-state index >= 15 is 0 Å². The summed E-state index contributed by atoms with van der Waals surface area (Å²) in [6.45, 7) is 7.94. The molecule has 1 aromatic rings. The molecule has 1 unspecified atom stereocenters. The van der Waals surface area contributed by atoms with Gasteiger partial charge in [-0.2, -0.15) is 0 Å². The number of rotatable bonds is 8. The van der Waals surface area contributed by atoms with Crippen molar-refractivity contribution in [2.45, 2.75) is 32.4 Å². The highest BCUT2D eigenvalue weighted by molar-refractivity contribution is 5.30. The van der Waals surface area contributed by atoms with E-state index in [-0.39, 0.29) is 11.6 Å². The van der Waals surface area contributed by atoms with Crippen LogP contribution in [-0.4, -0.2) is 39.6 Å². The Bertz CT molecular complexity index is 388. The Morgan fingerprint density at radius 1 is 1.20 bits per heavy atom. The molecule has 1 atom stereocenters. The minimum atomic E-state index is -0.113. The van der Waals surface area contributed by atoms with Gasteiger partial charge in [0, 0.05) is 0 Å². The smallest absolute Gasteiger partial charge is 0.119 e. The van der Waals surface area contributed by atoms with Crippen LogP contribution in [0.25, 0.3) is 0 Å². The predicted molar refractivity (Wildman–Crippen MR) is 81.3 cm³/mol. The largest absolute Gasteiger partial charge is 0.497 e. The van der Waals surface area contributed by atoms with Crippen LogP contribution >= 0.6 is 0 Å². The van der Waals surface area contributed by atoms with Gasteiger partial charge in [0.1, 0.15) is 5.75 Å². The van der Waals surface area contributed by atoms with Gasteiger partial charge in [-0.15, -0.1) is 0 Å². The molecule has 0 bridgehead atoms. The molecule has 20 heavy (non-hydrogen) atoms. The summed E-state index contributed by atoms with van der Waals surface area (Å²) in [6.07, 6.45) is 0. The van der Waals surface area contributed by atoms with Gasteiger partial charge >= 0.3 is 0 Å². The third-order valence-corrected chi connectivity index (χ3v) is 2.89. The predicted octanol–water partition coefficient (Wildman–Crippen LogP) is 2.79. The molecule has 0 saturated heterocycles. The quantitative estimate of drug-likeness (QED) is 0.744. The van der Waals surface area contributed by atoms with E-state index in [0.717, 1.165) is 11.3 Å². The molecule has 0 aliphatic rings. The summed E-state index contributed by atoms with van der Waals surface area (Å²) in [4.78, 5) is 0. The second-order valence-corrected chi connectivity index (χ2v) is 5.65. The van der Waals surface area contributed by atoms with E-state index in [1.165, 1.54) is 0 Å². The average Bonchev–Trinajstić information content (AvgIpc) is 2.41. The van der Waals surface area contributed by atoms with Crippen LogP contribution in [0, 0.1) is 0 Å². The first-order valence-corrected chi connectivity index (χ1v) is 6.99. The molecule has 0 radical (unpaired) electrons. The average molecular weight is 281 g/mol. The summed E-state index contributed by atoms with van der Waals surface area (Å²) in [5.74, 6) is 0.860. The Morgan fingerprint density at radius 2 is 1.95 bits per heavy atom. The Morgan fingerprint density at radius 3 is 2.55 bits per heavy atom. The molecule has 0 saturated carbocycles. The van der Waals surface area contributed by atoms with E-state index in [0.29, 0.717) is 19.8 Å². The molecule has 0 heterocycles. The van der Waals surface area contributed by atoms with Gasteiger partial charge in [0.05, 0.1) is 38.6 Å². The summed E-state index contributed by atoms with van der Waals surface area (Å²) in [5, 5.41) is 3.26. The van der Waals surface area contributed by atoms with Crippen molar-refractivity contribution in [1.29, 1.82) is 0 Å².